The molecule has 2 aromatic heterocycles. The monoisotopic (exact) mass is 355 g/mol. The van der Waals surface area contributed by atoms with Crippen LogP contribution in [0.2, 0.25) is 0 Å². The second-order valence-electron chi connectivity index (χ2n) is 6.35. The number of rotatable bonds is 4. The Balaban J connectivity index is 1.96. The minimum atomic E-state index is -0.560. The van der Waals surface area contributed by atoms with Gasteiger partial charge in [0.1, 0.15) is 6.54 Å². The van der Waals surface area contributed by atoms with Crippen molar-refractivity contribution in [1.29, 1.82) is 0 Å². The molecular weight excluding hydrogens is 334 g/mol. The fourth-order valence-corrected chi connectivity index (χ4v) is 2.95. The van der Waals surface area contributed by atoms with E-state index in [-0.39, 0.29) is 18.5 Å². The van der Waals surface area contributed by atoms with E-state index in [2.05, 4.69) is 4.98 Å². The molecular formula is C18H21N5O3. The summed E-state index contributed by atoms with van der Waals surface area (Å²) in [4.78, 5) is 43.5. The number of carbonyl (C=O) groups is 1. The molecule has 0 aliphatic rings. The molecule has 136 valence electrons. The lowest BCUT2D eigenvalue weighted by Crippen LogP contribution is -2.44. The van der Waals surface area contributed by atoms with Gasteiger partial charge >= 0.3 is 5.69 Å². The van der Waals surface area contributed by atoms with Crippen molar-refractivity contribution in [2.75, 3.05) is 7.05 Å². The average Bonchev–Trinajstić information content (AvgIpc) is 3.04. The average molecular weight is 355 g/mol. The topological polar surface area (TPSA) is 82.1 Å². The van der Waals surface area contributed by atoms with Crippen LogP contribution in [-0.2, 0) is 25.4 Å². The molecule has 0 spiro atoms. The van der Waals surface area contributed by atoms with Crippen LogP contribution in [-0.4, -0.2) is 36.5 Å². The van der Waals surface area contributed by atoms with E-state index in [1.165, 1.54) is 22.8 Å². The van der Waals surface area contributed by atoms with Crippen molar-refractivity contribution in [2.24, 2.45) is 14.1 Å². The Morgan fingerprint density at radius 2 is 1.85 bits per heavy atom. The maximum absolute atomic E-state index is 12.7. The maximum atomic E-state index is 12.7. The highest BCUT2D eigenvalue weighted by Crippen LogP contribution is 2.18. The molecule has 0 aliphatic carbocycles. The second-order valence-corrected chi connectivity index (χ2v) is 6.35. The molecule has 0 saturated heterocycles. The van der Waals surface area contributed by atoms with E-state index < -0.39 is 11.2 Å². The number of nitrogens with zero attached hydrogens (tertiary/aromatic N) is 5. The molecule has 0 radical (unpaired) electrons. The van der Waals surface area contributed by atoms with E-state index in [4.69, 9.17) is 0 Å². The number of aryl methyl sites for hydroxylation is 2. The van der Waals surface area contributed by atoms with E-state index in [0.717, 1.165) is 10.1 Å². The van der Waals surface area contributed by atoms with E-state index >= 15 is 0 Å². The molecule has 3 aromatic rings. The van der Waals surface area contributed by atoms with Gasteiger partial charge in [0, 0.05) is 21.1 Å². The summed E-state index contributed by atoms with van der Waals surface area (Å²) in [6.07, 6.45) is 1.47. The van der Waals surface area contributed by atoms with Crippen molar-refractivity contribution in [3.8, 4) is 0 Å². The predicted molar refractivity (Wildman–Crippen MR) is 97.8 cm³/mol. The Morgan fingerprint density at radius 1 is 1.19 bits per heavy atom. The Labute approximate surface area is 149 Å². The normalized spacial score (nSPS) is 12.3. The largest absolute Gasteiger partial charge is 0.337 e. The van der Waals surface area contributed by atoms with Gasteiger partial charge in [-0.15, -0.1) is 0 Å². The van der Waals surface area contributed by atoms with Gasteiger partial charge in [0.05, 0.1) is 12.4 Å². The Hall–Kier alpha value is -3.16. The molecule has 3 rings (SSSR count). The summed E-state index contributed by atoms with van der Waals surface area (Å²) in [6.45, 7) is 1.58. The molecule has 0 unspecified atom stereocenters. The fourth-order valence-electron chi connectivity index (χ4n) is 2.95. The van der Waals surface area contributed by atoms with Crippen LogP contribution in [0.1, 0.15) is 18.5 Å². The summed E-state index contributed by atoms with van der Waals surface area (Å²) in [5.74, 6) is -0.318. The molecule has 0 N–H and O–H groups in total. The van der Waals surface area contributed by atoms with Gasteiger partial charge < -0.3 is 9.47 Å². The number of fused-ring (bicyclic) bond motifs is 1. The summed E-state index contributed by atoms with van der Waals surface area (Å²) in [6, 6.07) is 9.40. The van der Waals surface area contributed by atoms with E-state index in [1.807, 2.05) is 37.3 Å². The highest BCUT2D eigenvalue weighted by Gasteiger charge is 2.21. The van der Waals surface area contributed by atoms with Gasteiger partial charge in [-0.3, -0.25) is 14.2 Å². The molecule has 1 amide bonds. The van der Waals surface area contributed by atoms with Crippen LogP contribution in [0.3, 0.4) is 0 Å². The molecule has 1 aromatic carbocycles. The smallest absolute Gasteiger partial charge is 0.332 e. The highest BCUT2D eigenvalue weighted by atomic mass is 16.2. The zero-order chi connectivity index (χ0) is 19.0. The lowest BCUT2D eigenvalue weighted by molar-refractivity contribution is -0.132. The van der Waals surface area contributed by atoms with E-state index in [9.17, 15) is 14.4 Å². The zero-order valence-corrected chi connectivity index (χ0v) is 15.2. The molecule has 8 heteroatoms. The first kappa shape index (κ1) is 17.7. The number of carbonyl (C=O) groups excluding carboxylic acids is 1. The van der Waals surface area contributed by atoms with Crippen molar-refractivity contribution in [3.05, 3.63) is 63.1 Å². The van der Waals surface area contributed by atoms with Crippen LogP contribution in [0.5, 0.6) is 0 Å². The van der Waals surface area contributed by atoms with Gasteiger partial charge in [-0.2, -0.15) is 0 Å². The van der Waals surface area contributed by atoms with Crippen LogP contribution < -0.4 is 11.2 Å². The van der Waals surface area contributed by atoms with Gasteiger partial charge in [0.2, 0.25) is 5.91 Å². The van der Waals surface area contributed by atoms with Crippen LogP contribution >= 0.6 is 0 Å². The summed E-state index contributed by atoms with van der Waals surface area (Å²) in [5, 5.41) is 0. The second kappa shape index (κ2) is 6.62. The van der Waals surface area contributed by atoms with E-state index in [0.29, 0.717) is 11.2 Å². The van der Waals surface area contributed by atoms with E-state index in [1.54, 1.807) is 18.7 Å². The summed E-state index contributed by atoms with van der Waals surface area (Å²) in [7, 11) is 4.88. The van der Waals surface area contributed by atoms with Gasteiger partial charge in [-0.05, 0) is 12.5 Å². The predicted octanol–water partition coefficient (Wildman–Crippen LogP) is 0.653. The van der Waals surface area contributed by atoms with Gasteiger partial charge in [0.15, 0.2) is 11.2 Å². The van der Waals surface area contributed by atoms with Crippen molar-refractivity contribution >= 4 is 17.1 Å². The summed E-state index contributed by atoms with van der Waals surface area (Å²) < 4.78 is 3.79. The lowest BCUT2D eigenvalue weighted by atomic mass is 10.1. The summed E-state index contributed by atoms with van der Waals surface area (Å²) >= 11 is 0. The molecule has 0 saturated carbocycles. The number of imidazole rings is 1. The number of benzene rings is 1. The first-order chi connectivity index (χ1) is 12.3. The number of amides is 1. The molecule has 1 atom stereocenters. The molecule has 0 bridgehead atoms. The Morgan fingerprint density at radius 3 is 2.50 bits per heavy atom. The van der Waals surface area contributed by atoms with Gasteiger partial charge in [-0.25, -0.2) is 14.3 Å². The minimum Gasteiger partial charge on any atom is -0.337 e. The van der Waals surface area contributed by atoms with Crippen molar-refractivity contribution in [1.82, 2.24) is 23.6 Å². The number of hydrogen-bond acceptors (Lipinski definition) is 4. The number of aromatic nitrogens is 4. The van der Waals surface area contributed by atoms with Crippen LogP contribution in [0.4, 0.5) is 0 Å². The first-order valence-corrected chi connectivity index (χ1v) is 8.24. The molecule has 0 fully saturated rings. The Kier molecular flexibility index (Phi) is 4.50. The van der Waals surface area contributed by atoms with Crippen LogP contribution in [0.25, 0.3) is 11.2 Å². The Bertz CT molecular complexity index is 1080. The third-order valence-corrected chi connectivity index (χ3v) is 4.75. The molecule has 2 heterocycles. The quantitative estimate of drug-likeness (QED) is 0.688. The molecule has 26 heavy (non-hydrogen) atoms. The summed E-state index contributed by atoms with van der Waals surface area (Å²) in [5.41, 5.74) is 0.495. The van der Waals surface area contributed by atoms with Crippen molar-refractivity contribution < 1.29 is 4.79 Å². The third kappa shape index (κ3) is 2.83. The maximum Gasteiger partial charge on any atom is 0.332 e. The van der Waals surface area contributed by atoms with Crippen molar-refractivity contribution in [3.63, 3.8) is 0 Å². The standard InChI is InChI=1S/C18H21N5O3/c1-12(13-8-6-5-7-9-13)21(3)14(24)10-23-17(25)15-16(19-11-20(15)2)22(4)18(23)26/h5-9,11-12H,10H2,1-4H3/t12-/m1/s1. The highest BCUT2D eigenvalue weighted by molar-refractivity contribution is 5.77. The fraction of sp³-hybridized carbons (Fsp3) is 0.333. The van der Waals surface area contributed by atoms with Gasteiger partial charge in [0.25, 0.3) is 5.56 Å². The van der Waals surface area contributed by atoms with Gasteiger partial charge in [-0.1, -0.05) is 30.3 Å². The lowest BCUT2D eigenvalue weighted by Gasteiger charge is -2.25. The van der Waals surface area contributed by atoms with Crippen molar-refractivity contribution in [2.45, 2.75) is 19.5 Å². The first-order valence-electron chi connectivity index (χ1n) is 8.24. The molecule has 8 nitrogen and oxygen atoms in total. The number of hydrogen-bond donors (Lipinski definition) is 0. The minimum absolute atomic E-state index is 0.177. The molecule has 0 aliphatic heterocycles. The SMILES string of the molecule is C[C@H](c1ccccc1)N(C)C(=O)Cn1c(=O)c2c(ncn2C)n(C)c1=O. The third-order valence-electron chi connectivity index (χ3n) is 4.75. The number of likely N-dealkylation sites (N-methyl/N-ethyl adjacent to an activating group) is 1. The van der Waals surface area contributed by atoms with Crippen LogP contribution in [0, 0.1) is 0 Å². The zero-order valence-electron chi connectivity index (χ0n) is 15.2. The van der Waals surface area contributed by atoms with Crippen LogP contribution in [0.15, 0.2) is 46.2 Å².